The quantitative estimate of drug-likeness (QED) is 0.705. The standard InChI is InChI=1S/C11H16N4O3S/c1-2-15-7-11(3-10(15)8-16)19(17,18)14-6-9-4-12-13-5-9/h3-5,7,14,16H,2,6,8H2,1H3,(H,12,13). The molecule has 19 heavy (non-hydrogen) atoms. The highest BCUT2D eigenvalue weighted by molar-refractivity contribution is 7.89. The van der Waals surface area contributed by atoms with Crippen molar-refractivity contribution in [2.24, 2.45) is 0 Å². The summed E-state index contributed by atoms with van der Waals surface area (Å²) in [7, 11) is -3.58. The number of aliphatic hydroxyl groups excluding tert-OH is 1. The molecule has 0 saturated heterocycles. The number of nitrogens with zero attached hydrogens (tertiary/aromatic N) is 2. The maximum atomic E-state index is 12.1. The molecule has 0 amide bonds. The van der Waals surface area contributed by atoms with Crippen LogP contribution in [0.2, 0.25) is 0 Å². The number of aromatic amines is 1. The number of rotatable bonds is 6. The Morgan fingerprint density at radius 1 is 1.53 bits per heavy atom. The maximum Gasteiger partial charge on any atom is 0.242 e. The zero-order valence-electron chi connectivity index (χ0n) is 10.5. The van der Waals surface area contributed by atoms with Gasteiger partial charge in [-0.15, -0.1) is 0 Å². The third-order valence-electron chi connectivity index (χ3n) is 2.80. The summed E-state index contributed by atoms with van der Waals surface area (Å²) in [6.45, 7) is 2.47. The fourth-order valence-electron chi connectivity index (χ4n) is 1.73. The molecule has 0 aromatic carbocycles. The minimum absolute atomic E-state index is 0.155. The average molecular weight is 284 g/mol. The van der Waals surface area contributed by atoms with Crippen LogP contribution in [0.15, 0.2) is 29.6 Å². The maximum absolute atomic E-state index is 12.1. The Morgan fingerprint density at radius 2 is 2.32 bits per heavy atom. The first-order valence-corrected chi connectivity index (χ1v) is 7.32. The molecule has 2 heterocycles. The summed E-state index contributed by atoms with van der Waals surface area (Å²) < 4.78 is 28.4. The van der Waals surface area contributed by atoms with Crippen molar-refractivity contribution in [1.29, 1.82) is 0 Å². The van der Waals surface area contributed by atoms with E-state index in [1.165, 1.54) is 12.3 Å². The van der Waals surface area contributed by atoms with E-state index in [4.69, 9.17) is 5.11 Å². The number of sulfonamides is 1. The van der Waals surface area contributed by atoms with Crippen molar-refractivity contribution >= 4 is 10.0 Å². The molecule has 0 aliphatic rings. The number of aromatic nitrogens is 3. The number of hydrogen-bond donors (Lipinski definition) is 3. The first-order chi connectivity index (χ1) is 9.06. The lowest BCUT2D eigenvalue weighted by Gasteiger charge is -2.03. The van der Waals surface area contributed by atoms with Crippen molar-refractivity contribution < 1.29 is 13.5 Å². The lowest BCUT2D eigenvalue weighted by Crippen LogP contribution is -2.22. The molecule has 0 atom stereocenters. The Labute approximate surface area is 111 Å². The molecule has 2 aromatic rings. The third kappa shape index (κ3) is 3.03. The van der Waals surface area contributed by atoms with E-state index in [1.54, 1.807) is 17.0 Å². The first kappa shape index (κ1) is 13.8. The number of nitrogens with one attached hydrogen (secondary N) is 2. The van der Waals surface area contributed by atoms with E-state index in [0.717, 1.165) is 5.56 Å². The molecule has 104 valence electrons. The lowest BCUT2D eigenvalue weighted by atomic mass is 10.4. The van der Waals surface area contributed by atoms with Gasteiger partial charge in [-0.25, -0.2) is 13.1 Å². The Bertz CT molecular complexity index is 609. The second kappa shape index (κ2) is 5.55. The highest BCUT2D eigenvalue weighted by Gasteiger charge is 2.17. The van der Waals surface area contributed by atoms with E-state index in [1.807, 2.05) is 6.92 Å². The highest BCUT2D eigenvalue weighted by atomic mass is 32.2. The van der Waals surface area contributed by atoms with Crippen LogP contribution < -0.4 is 4.72 Å². The van der Waals surface area contributed by atoms with Crippen LogP contribution in [0.1, 0.15) is 18.2 Å². The summed E-state index contributed by atoms with van der Waals surface area (Å²) >= 11 is 0. The van der Waals surface area contributed by atoms with Crippen molar-refractivity contribution in [3.8, 4) is 0 Å². The molecular formula is C11H16N4O3S. The molecule has 0 fully saturated rings. The van der Waals surface area contributed by atoms with Crippen LogP contribution in [0.3, 0.4) is 0 Å². The van der Waals surface area contributed by atoms with Gasteiger partial charge >= 0.3 is 0 Å². The van der Waals surface area contributed by atoms with Crippen LogP contribution in [0, 0.1) is 0 Å². The van der Waals surface area contributed by atoms with E-state index < -0.39 is 10.0 Å². The molecule has 3 N–H and O–H groups in total. The van der Waals surface area contributed by atoms with E-state index in [2.05, 4.69) is 14.9 Å². The molecule has 2 rings (SSSR count). The Balaban J connectivity index is 2.17. The summed E-state index contributed by atoms with van der Waals surface area (Å²) in [6.07, 6.45) is 4.70. The summed E-state index contributed by atoms with van der Waals surface area (Å²) in [5, 5.41) is 15.5. The van der Waals surface area contributed by atoms with Gasteiger partial charge in [-0.1, -0.05) is 0 Å². The summed E-state index contributed by atoms with van der Waals surface area (Å²) in [6, 6.07) is 1.47. The molecule has 0 aliphatic carbocycles. The van der Waals surface area contributed by atoms with Crippen molar-refractivity contribution in [1.82, 2.24) is 19.5 Å². The van der Waals surface area contributed by atoms with E-state index >= 15 is 0 Å². The molecule has 0 spiro atoms. The van der Waals surface area contributed by atoms with Crippen molar-refractivity contribution in [3.05, 3.63) is 35.9 Å². The first-order valence-electron chi connectivity index (χ1n) is 5.84. The SMILES string of the molecule is CCn1cc(S(=O)(=O)NCc2cn[nH]c2)cc1CO. The predicted molar refractivity (Wildman–Crippen MR) is 68.6 cm³/mol. The molecule has 7 nitrogen and oxygen atoms in total. The largest absolute Gasteiger partial charge is 0.390 e. The highest BCUT2D eigenvalue weighted by Crippen LogP contribution is 2.15. The fraction of sp³-hybridized carbons (Fsp3) is 0.364. The molecule has 0 bridgehead atoms. The molecule has 8 heteroatoms. The Hall–Kier alpha value is -1.64. The van der Waals surface area contributed by atoms with Crippen molar-refractivity contribution in [2.45, 2.75) is 31.5 Å². The minimum atomic E-state index is -3.58. The average Bonchev–Trinajstić information content (AvgIpc) is 3.05. The predicted octanol–water partition coefficient (Wildman–Crippen LogP) is 0.202. The Morgan fingerprint density at radius 3 is 2.84 bits per heavy atom. The third-order valence-corrected chi connectivity index (χ3v) is 4.16. The molecular weight excluding hydrogens is 268 g/mol. The zero-order chi connectivity index (χ0) is 13.9. The molecule has 0 unspecified atom stereocenters. The van der Waals surface area contributed by atoms with Crippen LogP contribution in [-0.2, 0) is 29.7 Å². The van der Waals surface area contributed by atoms with Gasteiger partial charge in [0.25, 0.3) is 0 Å². The molecule has 0 saturated carbocycles. The fourth-order valence-corrected chi connectivity index (χ4v) is 2.82. The second-order valence-corrected chi connectivity index (χ2v) is 5.81. The number of aryl methyl sites for hydroxylation is 1. The lowest BCUT2D eigenvalue weighted by molar-refractivity contribution is 0.271. The van der Waals surface area contributed by atoms with Gasteiger partial charge in [0.15, 0.2) is 0 Å². The normalized spacial score (nSPS) is 11.9. The number of H-pyrrole nitrogens is 1. The summed E-state index contributed by atoms with van der Waals surface area (Å²) in [5.74, 6) is 0. The van der Waals surface area contributed by atoms with Crippen LogP contribution >= 0.6 is 0 Å². The number of aliphatic hydroxyl groups is 1. The van der Waals surface area contributed by atoms with Gasteiger partial charge in [-0.3, -0.25) is 5.10 Å². The van der Waals surface area contributed by atoms with Gasteiger partial charge in [0.2, 0.25) is 10.0 Å². The summed E-state index contributed by atoms with van der Waals surface area (Å²) in [5.41, 5.74) is 1.33. The van der Waals surface area contributed by atoms with Gasteiger partial charge in [0.1, 0.15) is 0 Å². The summed E-state index contributed by atoms with van der Waals surface area (Å²) in [4.78, 5) is 0.155. The topological polar surface area (TPSA) is 100 Å². The zero-order valence-corrected chi connectivity index (χ0v) is 11.3. The van der Waals surface area contributed by atoms with Gasteiger partial charge in [-0.05, 0) is 13.0 Å². The Kier molecular flexibility index (Phi) is 4.03. The van der Waals surface area contributed by atoms with Crippen molar-refractivity contribution in [2.75, 3.05) is 0 Å². The minimum Gasteiger partial charge on any atom is -0.390 e. The molecule has 0 aliphatic heterocycles. The van der Waals surface area contributed by atoms with Gasteiger partial charge in [-0.2, -0.15) is 5.10 Å². The smallest absolute Gasteiger partial charge is 0.242 e. The second-order valence-electron chi connectivity index (χ2n) is 4.04. The number of hydrogen-bond acceptors (Lipinski definition) is 4. The van der Waals surface area contributed by atoms with Gasteiger partial charge < -0.3 is 9.67 Å². The van der Waals surface area contributed by atoms with E-state index in [0.29, 0.717) is 12.2 Å². The van der Waals surface area contributed by atoms with Crippen LogP contribution in [0.4, 0.5) is 0 Å². The van der Waals surface area contributed by atoms with Gasteiger partial charge in [0, 0.05) is 36.7 Å². The van der Waals surface area contributed by atoms with E-state index in [-0.39, 0.29) is 18.0 Å². The van der Waals surface area contributed by atoms with Crippen LogP contribution in [0.25, 0.3) is 0 Å². The molecule has 2 aromatic heterocycles. The molecule has 0 radical (unpaired) electrons. The van der Waals surface area contributed by atoms with Crippen LogP contribution in [-0.4, -0.2) is 28.3 Å². The monoisotopic (exact) mass is 284 g/mol. The van der Waals surface area contributed by atoms with Crippen LogP contribution in [0.5, 0.6) is 0 Å². The van der Waals surface area contributed by atoms with E-state index in [9.17, 15) is 8.42 Å². The van der Waals surface area contributed by atoms with Crippen molar-refractivity contribution in [3.63, 3.8) is 0 Å². The van der Waals surface area contributed by atoms with Gasteiger partial charge in [0.05, 0.1) is 17.7 Å².